The van der Waals surface area contributed by atoms with E-state index in [4.69, 9.17) is 10.5 Å². The Morgan fingerprint density at radius 2 is 2.00 bits per heavy atom. The van der Waals surface area contributed by atoms with E-state index in [1.54, 1.807) is 14.0 Å². The molecule has 1 heterocycles. The van der Waals surface area contributed by atoms with Crippen LogP contribution in [0.1, 0.15) is 24.2 Å². The number of hydrogen-bond donors (Lipinski definition) is 1. The van der Waals surface area contributed by atoms with Gasteiger partial charge < -0.3 is 10.5 Å². The minimum Gasteiger partial charge on any atom is -0.497 e. The molecule has 0 saturated heterocycles. The fourth-order valence-corrected chi connectivity index (χ4v) is 2.10. The van der Waals surface area contributed by atoms with E-state index < -0.39 is 4.92 Å². The number of nitrogen functional groups attached to an aromatic ring is 1. The highest BCUT2D eigenvalue weighted by atomic mass is 16.6. The number of aryl methyl sites for hydroxylation is 1. The van der Waals surface area contributed by atoms with Crippen LogP contribution < -0.4 is 10.5 Å². The average molecular weight is 276 g/mol. The molecule has 7 nitrogen and oxygen atoms in total. The fourth-order valence-electron chi connectivity index (χ4n) is 2.10. The van der Waals surface area contributed by atoms with E-state index in [1.165, 1.54) is 4.68 Å². The van der Waals surface area contributed by atoms with Gasteiger partial charge in [-0.2, -0.15) is 5.10 Å². The van der Waals surface area contributed by atoms with Gasteiger partial charge in [0.05, 0.1) is 18.1 Å². The summed E-state index contributed by atoms with van der Waals surface area (Å²) >= 11 is 0. The number of methoxy groups -OCH3 is 1. The van der Waals surface area contributed by atoms with E-state index in [0.29, 0.717) is 5.69 Å². The molecule has 1 aromatic heterocycles. The lowest BCUT2D eigenvalue weighted by molar-refractivity contribution is -0.384. The molecular formula is C13H16N4O3. The third kappa shape index (κ3) is 2.29. The Bertz CT molecular complexity index is 634. The van der Waals surface area contributed by atoms with Gasteiger partial charge in [-0.3, -0.25) is 10.1 Å². The van der Waals surface area contributed by atoms with Gasteiger partial charge in [0.1, 0.15) is 11.4 Å². The van der Waals surface area contributed by atoms with E-state index in [-0.39, 0.29) is 17.5 Å². The van der Waals surface area contributed by atoms with Crippen LogP contribution in [-0.4, -0.2) is 21.8 Å². The van der Waals surface area contributed by atoms with E-state index in [2.05, 4.69) is 5.10 Å². The van der Waals surface area contributed by atoms with Crippen molar-refractivity contribution in [2.75, 3.05) is 12.8 Å². The van der Waals surface area contributed by atoms with Crippen LogP contribution in [0, 0.1) is 17.0 Å². The molecule has 2 aromatic rings. The molecule has 106 valence electrons. The van der Waals surface area contributed by atoms with Crippen LogP contribution in [-0.2, 0) is 0 Å². The van der Waals surface area contributed by atoms with E-state index in [9.17, 15) is 10.1 Å². The highest BCUT2D eigenvalue weighted by molar-refractivity contribution is 5.56. The van der Waals surface area contributed by atoms with Crippen molar-refractivity contribution in [2.24, 2.45) is 0 Å². The topological polar surface area (TPSA) is 96.2 Å². The van der Waals surface area contributed by atoms with Crippen LogP contribution in [0.2, 0.25) is 0 Å². The number of nitro groups is 1. The predicted molar refractivity (Wildman–Crippen MR) is 74.8 cm³/mol. The largest absolute Gasteiger partial charge is 0.497 e. The molecule has 20 heavy (non-hydrogen) atoms. The number of anilines is 1. The van der Waals surface area contributed by atoms with E-state index >= 15 is 0 Å². The lowest BCUT2D eigenvalue weighted by Gasteiger charge is -2.14. The predicted octanol–water partition coefficient (Wildman–Crippen LogP) is 2.30. The van der Waals surface area contributed by atoms with Crippen LogP contribution in [0.3, 0.4) is 0 Å². The van der Waals surface area contributed by atoms with Gasteiger partial charge in [0.2, 0.25) is 5.82 Å². The fraction of sp³-hybridized carbons (Fsp3) is 0.308. The SMILES string of the molecule is COc1ccc(C(C)n2nc(C)c([N+](=O)[O-])c2N)cc1. The number of nitrogens with two attached hydrogens (primary N) is 1. The first-order valence-electron chi connectivity index (χ1n) is 6.08. The average Bonchev–Trinajstić information content (AvgIpc) is 2.73. The van der Waals surface area contributed by atoms with Crippen molar-refractivity contribution in [3.05, 3.63) is 45.6 Å². The second kappa shape index (κ2) is 5.20. The number of hydrogen-bond acceptors (Lipinski definition) is 5. The highest BCUT2D eigenvalue weighted by Gasteiger charge is 2.25. The standard InChI is InChI=1S/C13H16N4O3/c1-8-12(17(18)19)13(14)16(15-8)9(2)10-4-6-11(20-3)7-5-10/h4-7,9H,14H2,1-3H3. The van der Waals surface area contributed by atoms with Crippen molar-refractivity contribution >= 4 is 11.5 Å². The first kappa shape index (κ1) is 13.9. The van der Waals surface area contributed by atoms with Gasteiger partial charge >= 0.3 is 5.69 Å². The summed E-state index contributed by atoms with van der Waals surface area (Å²) in [6.07, 6.45) is 0. The van der Waals surface area contributed by atoms with Gasteiger partial charge in [0.25, 0.3) is 0 Å². The van der Waals surface area contributed by atoms with Crippen molar-refractivity contribution in [2.45, 2.75) is 19.9 Å². The zero-order valence-electron chi connectivity index (χ0n) is 11.5. The summed E-state index contributed by atoms with van der Waals surface area (Å²) in [6, 6.07) is 7.21. The Labute approximate surface area is 116 Å². The van der Waals surface area contributed by atoms with Crippen LogP contribution in [0.15, 0.2) is 24.3 Å². The first-order valence-corrected chi connectivity index (χ1v) is 6.08. The highest BCUT2D eigenvalue weighted by Crippen LogP contribution is 2.30. The lowest BCUT2D eigenvalue weighted by atomic mass is 10.1. The van der Waals surface area contributed by atoms with Crippen LogP contribution >= 0.6 is 0 Å². The van der Waals surface area contributed by atoms with Gasteiger partial charge in [-0.1, -0.05) is 12.1 Å². The summed E-state index contributed by atoms with van der Waals surface area (Å²) in [5.74, 6) is 0.812. The normalized spacial score (nSPS) is 12.2. The molecule has 0 aliphatic heterocycles. The van der Waals surface area contributed by atoms with Gasteiger partial charge in [-0.05, 0) is 31.5 Å². The maximum atomic E-state index is 11.0. The van der Waals surface area contributed by atoms with Crippen LogP contribution in [0.5, 0.6) is 5.75 Å². The van der Waals surface area contributed by atoms with Crippen molar-refractivity contribution in [3.8, 4) is 5.75 Å². The van der Waals surface area contributed by atoms with Gasteiger partial charge in [0.15, 0.2) is 0 Å². The number of aromatic nitrogens is 2. The quantitative estimate of drug-likeness (QED) is 0.682. The van der Waals surface area contributed by atoms with Crippen LogP contribution in [0.4, 0.5) is 11.5 Å². The molecule has 0 spiro atoms. The molecular weight excluding hydrogens is 260 g/mol. The van der Waals surface area contributed by atoms with Crippen molar-refractivity contribution in [3.63, 3.8) is 0 Å². The van der Waals surface area contributed by atoms with Gasteiger partial charge in [-0.25, -0.2) is 4.68 Å². The zero-order chi connectivity index (χ0) is 14.9. The Morgan fingerprint density at radius 3 is 2.45 bits per heavy atom. The summed E-state index contributed by atoms with van der Waals surface area (Å²) in [6.45, 7) is 3.46. The second-order valence-corrected chi connectivity index (χ2v) is 4.47. The third-order valence-electron chi connectivity index (χ3n) is 3.24. The molecule has 2 rings (SSSR count). The molecule has 2 N–H and O–H groups in total. The van der Waals surface area contributed by atoms with Crippen molar-refractivity contribution in [1.29, 1.82) is 0 Å². The maximum Gasteiger partial charge on any atom is 0.333 e. The molecule has 0 radical (unpaired) electrons. The van der Waals surface area contributed by atoms with Crippen molar-refractivity contribution in [1.82, 2.24) is 9.78 Å². The Kier molecular flexibility index (Phi) is 3.60. The smallest absolute Gasteiger partial charge is 0.333 e. The molecule has 1 aromatic carbocycles. The van der Waals surface area contributed by atoms with Crippen molar-refractivity contribution < 1.29 is 9.66 Å². The maximum absolute atomic E-state index is 11.0. The summed E-state index contributed by atoms with van der Waals surface area (Å²) in [5, 5.41) is 15.1. The Morgan fingerprint density at radius 1 is 1.40 bits per heavy atom. The number of rotatable bonds is 4. The summed E-state index contributed by atoms with van der Waals surface area (Å²) in [5.41, 5.74) is 6.95. The monoisotopic (exact) mass is 276 g/mol. The second-order valence-electron chi connectivity index (χ2n) is 4.47. The molecule has 0 bridgehead atoms. The lowest BCUT2D eigenvalue weighted by Crippen LogP contribution is -2.12. The minimum atomic E-state index is -0.505. The van der Waals surface area contributed by atoms with Gasteiger partial charge in [0, 0.05) is 0 Å². The van der Waals surface area contributed by atoms with Crippen LogP contribution in [0.25, 0.3) is 0 Å². The van der Waals surface area contributed by atoms with E-state index in [0.717, 1.165) is 11.3 Å². The van der Waals surface area contributed by atoms with E-state index in [1.807, 2.05) is 31.2 Å². The zero-order valence-corrected chi connectivity index (χ0v) is 11.5. The molecule has 1 unspecified atom stereocenters. The molecule has 1 atom stereocenters. The Hall–Kier alpha value is -2.57. The van der Waals surface area contributed by atoms with Gasteiger partial charge in [-0.15, -0.1) is 0 Å². The molecule has 0 amide bonds. The number of nitrogens with zero attached hydrogens (tertiary/aromatic N) is 3. The number of ether oxygens (including phenoxy) is 1. The molecule has 0 aliphatic carbocycles. The first-order chi connectivity index (χ1) is 9.45. The molecule has 0 saturated carbocycles. The summed E-state index contributed by atoms with van der Waals surface area (Å²) in [4.78, 5) is 10.4. The minimum absolute atomic E-state index is 0.0656. The molecule has 0 fully saturated rings. The summed E-state index contributed by atoms with van der Waals surface area (Å²) < 4.78 is 6.56. The molecule has 7 heteroatoms. The molecule has 0 aliphatic rings. The number of benzene rings is 1. The summed E-state index contributed by atoms with van der Waals surface area (Å²) in [7, 11) is 1.59. The third-order valence-corrected chi connectivity index (χ3v) is 3.24. The Balaban J connectivity index is 2.40.